The van der Waals surface area contributed by atoms with Crippen molar-refractivity contribution < 1.29 is 9.53 Å². The highest BCUT2D eigenvalue weighted by Crippen LogP contribution is 2.28. The third kappa shape index (κ3) is 4.04. The molecule has 4 nitrogen and oxygen atoms in total. The molecule has 0 atom stereocenters. The first kappa shape index (κ1) is 15.5. The monoisotopic (exact) mass is 304 g/mol. The zero-order valence-electron chi connectivity index (χ0n) is 12.8. The van der Waals surface area contributed by atoms with Gasteiger partial charge in [-0.1, -0.05) is 45.0 Å². The van der Waals surface area contributed by atoms with Crippen LogP contribution in [0.5, 0.6) is 0 Å². The molecular weight excluding hydrogens is 284 g/mol. The molecular formula is C16H20N2O2S. The van der Waals surface area contributed by atoms with Crippen LogP contribution in [0.15, 0.2) is 29.6 Å². The van der Waals surface area contributed by atoms with Crippen LogP contribution in [0.3, 0.4) is 0 Å². The maximum absolute atomic E-state index is 11.3. The summed E-state index contributed by atoms with van der Waals surface area (Å²) in [5.74, 6) is 0. The highest BCUT2D eigenvalue weighted by molar-refractivity contribution is 7.14. The third-order valence-electron chi connectivity index (χ3n) is 3.04. The predicted molar refractivity (Wildman–Crippen MR) is 86.9 cm³/mol. The minimum atomic E-state index is -0.471. The van der Waals surface area contributed by atoms with Crippen molar-refractivity contribution >= 4 is 22.6 Å². The van der Waals surface area contributed by atoms with E-state index in [4.69, 9.17) is 4.74 Å². The normalized spacial score (nSPS) is 11.2. The van der Waals surface area contributed by atoms with Crippen LogP contribution in [0.4, 0.5) is 9.93 Å². The van der Waals surface area contributed by atoms with Gasteiger partial charge in [-0.2, -0.15) is 0 Å². The van der Waals surface area contributed by atoms with Crippen molar-refractivity contribution in [2.75, 3.05) is 11.9 Å². The third-order valence-corrected chi connectivity index (χ3v) is 3.79. The van der Waals surface area contributed by atoms with E-state index in [0.29, 0.717) is 11.7 Å². The highest BCUT2D eigenvalue weighted by atomic mass is 32.1. The lowest BCUT2D eigenvalue weighted by Gasteiger charge is -2.18. The smallest absolute Gasteiger partial charge is 0.413 e. The van der Waals surface area contributed by atoms with Gasteiger partial charge in [-0.15, -0.1) is 11.3 Å². The van der Waals surface area contributed by atoms with Gasteiger partial charge in [0.2, 0.25) is 0 Å². The maximum Gasteiger partial charge on any atom is 0.413 e. The lowest BCUT2D eigenvalue weighted by atomic mass is 9.86. The summed E-state index contributed by atoms with van der Waals surface area (Å²) in [6.07, 6.45) is -0.471. The van der Waals surface area contributed by atoms with Crippen molar-refractivity contribution in [3.8, 4) is 11.3 Å². The Morgan fingerprint density at radius 1 is 1.29 bits per heavy atom. The molecule has 5 heteroatoms. The molecule has 2 aromatic rings. The molecule has 0 unspecified atom stereocenters. The second-order valence-electron chi connectivity index (χ2n) is 5.71. The van der Waals surface area contributed by atoms with Gasteiger partial charge in [-0.3, -0.25) is 5.32 Å². The Labute approximate surface area is 129 Å². The van der Waals surface area contributed by atoms with Gasteiger partial charge in [0.1, 0.15) is 0 Å². The van der Waals surface area contributed by atoms with Crippen LogP contribution in [0.25, 0.3) is 11.3 Å². The van der Waals surface area contributed by atoms with Gasteiger partial charge in [-0.05, 0) is 17.9 Å². The van der Waals surface area contributed by atoms with Crippen molar-refractivity contribution in [1.82, 2.24) is 4.98 Å². The minimum absolute atomic E-state index is 0.136. The highest BCUT2D eigenvalue weighted by Gasteiger charge is 2.14. The zero-order chi connectivity index (χ0) is 15.5. The van der Waals surface area contributed by atoms with Gasteiger partial charge in [-0.25, -0.2) is 9.78 Å². The number of hydrogen-bond donors (Lipinski definition) is 1. The van der Waals surface area contributed by atoms with E-state index in [1.807, 2.05) is 5.38 Å². The van der Waals surface area contributed by atoms with E-state index in [0.717, 1.165) is 11.3 Å². The molecule has 0 aliphatic rings. The van der Waals surface area contributed by atoms with Gasteiger partial charge in [0.15, 0.2) is 5.13 Å². The van der Waals surface area contributed by atoms with E-state index in [1.165, 1.54) is 16.9 Å². The van der Waals surface area contributed by atoms with E-state index in [1.54, 1.807) is 6.92 Å². The molecule has 1 heterocycles. The van der Waals surface area contributed by atoms with Gasteiger partial charge in [0.05, 0.1) is 12.3 Å². The topological polar surface area (TPSA) is 51.2 Å². The fourth-order valence-electron chi connectivity index (χ4n) is 1.86. The molecule has 21 heavy (non-hydrogen) atoms. The Kier molecular flexibility index (Phi) is 4.63. The Balaban J connectivity index is 2.12. The number of nitrogens with zero attached hydrogens (tertiary/aromatic N) is 1. The summed E-state index contributed by atoms with van der Waals surface area (Å²) < 4.78 is 4.83. The summed E-state index contributed by atoms with van der Waals surface area (Å²) in [6, 6.07) is 8.35. The van der Waals surface area contributed by atoms with Crippen LogP contribution >= 0.6 is 11.3 Å². The Hall–Kier alpha value is -1.88. The molecule has 1 N–H and O–H groups in total. The average Bonchev–Trinajstić information content (AvgIpc) is 2.86. The van der Waals surface area contributed by atoms with Crippen molar-refractivity contribution in [2.24, 2.45) is 0 Å². The zero-order valence-corrected chi connectivity index (χ0v) is 13.6. The molecule has 2 rings (SSSR count). The molecule has 0 saturated carbocycles. The number of carbonyl (C=O) groups excluding carboxylic acids is 1. The largest absolute Gasteiger partial charge is 0.450 e. The van der Waals surface area contributed by atoms with Crippen molar-refractivity contribution in [2.45, 2.75) is 33.1 Å². The van der Waals surface area contributed by atoms with Gasteiger partial charge in [0, 0.05) is 10.9 Å². The SMILES string of the molecule is CCOC(=O)Nc1nc(-c2ccc(C(C)(C)C)cc2)cs1. The number of aromatic nitrogens is 1. The predicted octanol–water partition coefficient (Wildman–Crippen LogP) is 4.68. The molecule has 1 aromatic carbocycles. The van der Waals surface area contributed by atoms with Gasteiger partial charge >= 0.3 is 6.09 Å². The molecule has 0 spiro atoms. The van der Waals surface area contributed by atoms with Crippen LogP contribution in [0.1, 0.15) is 33.3 Å². The first-order chi connectivity index (χ1) is 9.90. The lowest BCUT2D eigenvalue weighted by molar-refractivity contribution is 0.168. The summed E-state index contributed by atoms with van der Waals surface area (Å²) in [5, 5.41) is 5.08. The van der Waals surface area contributed by atoms with Crippen LogP contribution in [-0.4, -0.2) is 17.7 Å². The number of rotatable bonds is 3. The summed E-state index contributed by atoms with van der Waals surface area (Å²) in [4.78, 5) is 15.7. The van der Waals surface area contributed by atoms with E-state index in [2.05, 4.69) is 55.3 Å². The Morgan fingerprint density at radius 2 is 1.95 bits per heavy atom. The molecule has 0 aliphatic carbocycles. The quantitative estimate of drug-likeness (QED) is 0.896. The number of hydrogen-bond acceptors (Lipinski definition) is 4. The van der Waals surface area contributed by atoms with E-state index < -0.39 is 6.09 Å². The van der Waals surface area contributed by atoms with Gasteiger partial charge < -0.3 is 4.74 Å². The number of thiazole rings is 1. The van der Waals surface area contributed by atoms with E-state index >= 15 is 0 Å². The van der Waals surface area contributed by atoms with Crippen molar-refractivity contribution in [3.05, 3.63) is 35.2 Å². The molecule has 0 saturated heterocycles. The molecule has 0 aliphatic heterocycles. The molecule has 0 fully saturated rings. The molecule has 1 amide bonds. The first-order valence-corrected chi connectivity index (χ1v) is 7.78. The van der Waals surface area contributed by atoms with Gasteiger partial charge in [0.25, 0.3) is 0 Å². The second-order valence-corrected chi connectivity index (χ2v) is 6.57. The summed E-state index contributed by atoms with van der Waals surface area (Å²) in [6.45, 7) is 8.67. The standard InChI is InChI=1S/C16H20N2O2S/c1-5-20-15(19)18-14-17-13(10-21-14)11-6-8-12(9-7-11)16(2,3)4/h6-10H,5H2,1-4H3,(H,17,18,19). The number of carbonyl (C=O) groups is 1. The fourth-order valence-corrected chi connectivity index (χ4v) is 2.56. The minimum Gasteiger partial charge on any atom is -0.450 e. The number of anilines is 1. The summed E-state index contributed by atoms with van der Waals surface area (Å²) in [7, 11) is 0. The summed E-state index contributed by atoms with van der Waals surface area (Å²) in [5.41, 5.74) is 3.31. The Morgan fingerprint density at radius 3 is 2.52 bits per heavy atom. The number of ether oxygens (including phenoxy) is 1. The Bertz CT molecular complexity index is 612. The second kappa shape index (κ2) is 6.26. The number of benzene rings is 1. The molecule has 0 radical (unpaired) electrons. The molecule has 112 valence electrons. The average molecular weight is 304 g/mol. The van der Waals surface area contributed by atoms with Crippen LogP contribution in [-0.2, 0) is 10.2 Å². The lowest BCUT2D eigenvalue weighted by Crippen LogP contribution is -2.12. The summed E-state index contributed by atoms with van der Waals surface area (Å²) >= 11 is 1.39. The van der Waals surface area contributed by atoms with Crippen LogP contribution in [0.2, 0.25) is 0 Å². The van der Waals surface area contributed by atoms with Crippen LogP contribution < -0.4 is 5.32 Å². The maximum atomic E-state index is 11.3. The first-order valence-electron chi connectivity index (χ1n) is 6.90. The number of amides is 1. The van der Waals surface area contributed by atoms with E-state index in [9.17, 15) is 4.79 Å². The molecule has 0 bridgehead atoms. The fraction of sp³-hybridized carbons (Fsp3) is 0.375. The van der Waals surface area contributed by atoms with Crippen molar-refractivity contribution in [3.63, 3.8) is 0 Å². The number of nitrogens with one attached hydrogen (secondary N) is 1. The van der Waals surface area contributed by atoms with Crippen molar-refractivity contribution in [1.29, 1.82) is 0 Å². The van der Waals surface area contributed by atoms with Crippen LogP contribution in [0, 0.1) is 0 Å². The molecule has 1 aromatic heterocycles. The van der Waals surface area contributed by atoms with E-state index in [-0.39, 0.29) is 5.41 Å².